The van der Waals surface area contributed by atoms with Crippen LogP contribution in [0.2, 0.25) is 0 Å². The van der Waals surface area contributed by atoms with Crippen LogP contribution in [0.3, 0.4) is 0 Å². The number of rotatable bonds is 5. The molecule has 1 aromatic carbocycles. The molecule has 0 aliphatic carbocycles. The molecule has 1 aromatic heterocycles. The predicted octanol–water partition coefficient (Wildman–Crippen LogP) is 3.78. The molecule has 130 valence electrons. The molecule has 0 unspecified atom stereocenters. The van der Waals surface area contributed by atoms with Gasteiger partial charge in [-0.05, 0) is 54.6 Å². The molecule has 25 heavy (non-hydrogen) atoms. The number of halogens is 2. The Balaban J connectivity index is 1.72. The summed E-state index contributed by atoms with van der Waals surface area (Å²) in [5.74, 6) is -3.08. The van der Waals surface area contributed by atoms with E-state index < -0.39 is 11.7 Å². The van der Waals surface area contributed by atoms with Gasteiger partial charge in [0.15, 0.2) is 0 Å². The lowest BCUT2D eigenvalue weighted by atomic mass is 10.2. The second kappa shape index (κ2) is 7.60. The number of anilines is 2. The fourth-order valence-corrected chi connectivity index (χ4v) is 3.16. The molecular weight excluding hydrogens is 348 g/mol. The zero-order chi connectivity index (χ0) is 17.8. The van der Waals surface area contributed by atoms with Gasteiger partial charge in [-0.1, -0.05) is 0 Å². The number of benzene rings is 1. The summed E-state index contributed by atoms with van der Waals surface area (Å²) in [5.41, 5.74) is 1.37. The van der Waals surface area contributed by atoms with Crippen molar-refractivity contribution in [1.29, 1.82) is 0 Å². The fourth-order valence-electron chi connectivity index (χ4n) is 2.59. The SMILES string of the molecule is O=C(Nc1ccc(N2CCCC2=O)cc1)c1cccnc1SC(F)F. The Kier molecular flexibility index (Phi) is 5.28. The van der Waals surface area contributed by atoms with Gasteiger partial charge in [0.05, 0.1) is 5.56 Å². The molecule has 3 rings (SSSR count). The smallest absolute Gasteiger partial charge is 0.290 e. The average Bonchev–Trinajstić information content (AvgIpc) is 3.01. The zero-order valence-electron chi connectivity index (χ0n) is 13.1. The maximum atomic E-state index is 12.6. The summed E-state index contributed by atoms with van der Waals surface area (Å²) in [4.78, 5) is 29.6. The molecule has 0 saturated carbocycles. The van der Waals surface area contributed by atoms with E-state index >= 15 is 0 Å². The van der Waals surface area contributed by atoms with Crippen molar-refractivity contribution >= 4 is 35.0 Å². The molecule has 0 atom stereocenters. The Morgan fingerprint density at radius 2 is 2.00 bits per heavy atom. The van der Waals surface area contributed by atoms with Crippen LogP contribution < -0.4 is 10.2 Å². The van der Waals surface area contributed by atoms with Gasteiger partial charge in [-0.25, -0.2) is 4.98 Å². The second-order valence-electron chi connectivity index (χ2n) is 5.38. The Bertz CT molecular complexity index is 784. The molecule has 5 nitrogen and oxygen atoms in total. The molecule has 2 amide bonds. The number of thioether (sulfide) groups is 1. The van der Waals surface area contributed by atoms with Crippen molar-refractivity contribution in [3.63, 3.8) is 0 Å². The molecular formula is C17H15F2N3O2S. The predicted molar refractivity (Wildman–Crippen MR) is 92.1 cm³/mol. The van der Waals surface area contributed by atoms with Crippen molar-refractivity contribution < 1.29 is 18.4 Å². The number of alkyl halides is 2. The van der Waals surface area contributed by atoms with Crippen LogP contribution in [0.4, 0.5) is 20.2 Å². The Morgan fingerprint density at radius 1 is 1.24 bits per heavy atom. The molecule has 2 aromatic rings. The highest BCUT2D eigenvalue weighted by molar-refractivity contribution is 7.99. The highest BCUT2D eigenvalue weighted by Crippen LogP contribution is 2.27. The second-order valence-corrected chi connectivity index (χ2v) is 6.36. The van der Waals surface area contributed by atoms with E-state index in [9.17, 15) is 18.4 Å². The van der Waals surface area contributed by atoms with E-state index in [1.54, 1.807) is 29.2 Å². The quantitative estimate of drug-likeness (QED) is 0.822. The van der Waals surface area contributed by atoms with E-state index in [0.717, 1.165) is 12.1 Å². The zero-order valence-corrected chi connectivity index (χ0v) is 13.9. The van der Waals surface area contributed by atoms with Crippen LogP contribution in [0.25, 0.3) is 0 Å². The minimum Gasteiger partial charge on any atom is -0.322 e. The first-order chi connectivity index (χ1) is 12.0. The van der Waals surface area contributed by atoms with Crippen molar-refractivity contribution in [3.05, 3.63) is 48.2 Å². The van der Waals surface area contributed by atoms with E-state index in [1.165, 1.54) is 18.3 Å². The summed E-state index contributed by atoms with van der Waals surface area (Å²) in [6.45, 7) is 0.689. The standard InChI is InChI=1S/C17H15F2N3O2S/c18-17(19)25-16-13(3-1-9-20-16)15(24)21-11-5-7-12(8-6-11)22-10-2-4-14(22)23/h1,3,5-9,17H,2,4,10H2,(H,21,24). The van der Waals surface area contributed by atoms with Gasteiger partial charge in [0.25, 0.3) is 11.7 Å². The molecule has 1 fully saturated rings. The van der Waals surface area contributed by atoms with Gasteiger partial charge in [-0.3, -0.25) is 9.59 Å². The van der Waals surface area contributed by atoms with E-state index in [1.807, 2.05) is 0 Å². The lowest BCUT2D eigenvalue weighted by Gasteiger charge is -2.16. The highest BCUT2D eigenvalue weighted by atomic mass is 32.2. The minimum atomic E-state index is -2.65. The van der Waals surface area contributed by atoms with Crippen LogP contribution in [0.15, 0.2) is 47.6 Å². The maximum Gasteiger partial charge on any atom is 0.290 e. The van der Waals surface area contributed by atoms with Gasteiger partial charge in [-0.2, -0.15) is 8.78 Å². The van der Waals surface area contributed by atoms with Gasteiger partial charge in [0.1, 0.15) is 5.03 Å². The van der Waals surface area contributed by atoms with Crippen LogP contribution in [-0.4, -0.2) is 29.1 Å². The number of nitrogens with zero attached hydrogens (tertiary/aromatic N) is 2. The summed E-state index contributed by atoms with van der Waals surface area (Å²) in [5, 5.41) is 2.64. The number of hydrogen-bond acceptors (Lipinski definition) is 4. The van der Waals surface area contributed by atoms with Crippen LogP contribution in [0, 0.1) is 0 Å². The first-order valence-corrected chi connectivity index (χ1v) is 8.54. The monoisotopic (exact) mass is 363 g/mol. The number of amides is 2. The molecule has 0 spiro atoms. The maximum absolute atomic E-state index is 12.6. The summed E-state index contributed by atoms with van der Waals surface area (Å²) in [6, 6.07) is 9.81. The van der Waals surface area contributed by atoms with Gasteiger partial charge in [0.2, 0.25) is 5.91 Å². The summed E-state index contributed by atoms with van der Waals surface area (Å²) >= 11 is 0.234. The van der Waals surface area contributed by atoms with Crippen molar-refractivity contribution in [2.24, 2.45) is 0 Å². The third-order valence-corrected chi connectivity index (χ3v) is 4.45. The Hall–Kier alpha value is -2.48. The first kappa shape index (κ1) is 17.3. The summed E-state index contributed by atoms with van der Waals surface area (Å²) in [7, 11) is 0. The Morgan fingerprint density at radius 3 is 2.64 bits per heavy atom. The molecule has 1 aliphatic heterocycles. The van der Waals surface area contributed by atoms with Crippen molar-refractivity contribution in [2.45, 2.75) is 23.6 Å². The summed E-state index contributed by atoms with van der Waals surface area (Å²) in [6.07, 6.45) is 2.75. The van der Waals surface area contributed by atoms with Crippen LogP contribution in [-0.2, 0) is 4.79 Å². The van der Waals surface area contributed by atoms with Gasteiger partial charge in [-0.15, -0.1) is 0 Å². The molecule has 0 bridgehead atoms. The average molecular weight is 363 g/mol. The first-order valence-electron chi connectivity index (χ1n) is 7.66. The molecule has 2 heterocycles. The normalized spacial score (nSPS) is 14.2. The molecule has 0 radical (unpaired) electrons. The number of aromatic nitrogens is 1. The number of hydrogen-bond donors (Lipinski definition) is 1. The van der Waals surface area contributed by atoms with E-state index in [0.29, 0.717) is 18.7 Å². The van der Waals surface area contributed by atoms with E-state index in [4.69, 9.17) is 0 Å². The largest absolute Gasteiger partial charge is 0.322 e. The van der Waals surface area contributed by atoms with Gasteiger partial charge < -0.3 is 10.2 Å². The van der Waals surface area contributed by atoms with Crippen molar-refractivity contribution in [2.75, 3.05) is 16.8 Å². The molecule has 1 saturated heterocycles. The fraction of sp³-hybridized carbons (Fsp3) is 0.235. The topological polar surface area (TPSA) is 62.3 Å². The minimum absolute atomic E-state index is 0.0192. The lowest BCUT2D eigenvalue weighted by molar-refractivity contribution is -0.117. The van der Waals surface area contributed by atoms with Crippen LogP contribution >= 0.6 is 11.8 Å². The number of carbonyl (C=O) groups is 2. The highest BCUT2D eigenvalue weighted by Gasteiger charge is 2.21. The number of pyridine rings is 1. The molecule has 1 aliphatic rings. The molecule has 1 N–H and O–H groups in total. The van der Waals surface area contributed by atoms with E-state index in [2.05, 4.69) is 10.3 Å². The van der Waals surface area contributed by atoms with Crippen LogP contribution in [0.1, 0.15) is 23.2 Å². The van der Waals surface area contributed by atoms with Gasteiger partial charge >= 0.3 is 0 Å². The van der Waals surface area contributed by atoms with Crippen molar-refractivity contribution in [1.82, 2.24) is 4.98 Å². The number of nitrogens with one attached hydrogen (secondary N) is 1. The van der Waals surface area contributed by atoms with Gasteiger partial charge in [0, 0.05) is 30.5 Å². The van der Waals surface area contributed by atoms with E-state index in [-0.39, 0.29) is 28.3 Å². The molecule has 8 heteroatoms. The number of carbonyl (C=O) groups excluding carboxylic acids is 2. The Labute approximate surface area is 147 Å². The third kappa shape index (κ3) is 4.14. The summed E-state index contributed by atoms with van der Waals surface area (Å²) < 4.78 is 25.1. The van der Waals surface area contributed by atoms with Crippen molar-refractivity contribution in [3.8, 4) is 0 Å². The van der Waals surface area contributed by atoms with Crippen LogP contribution in [0.5, 0.6) is 0 Å². The third-order valence-electron chi connectivity index (χ3n) is 3.73. The lowest BCUT2D eigenvalue weighted by Crippen LogP contribution is -2.23.